The molecule has 2 N–H and O–H groups in total. The van der Waals surface area contributed by atoms with E-state index in [1.54, 1.807) is 0 Å². The number of guanidine groups is 1. The zero-order valence-corrected chi connectivity index (χ0v) is 17.7. The SMILES string of the molecule is CCN1CCCC1CNC(=NC)NCCN(C(C)C)C1CC1.I. The zero-order chi connectivity index (χ0) is 15.9. The van der Waals surface area contributed by atoms with Crippen LogP contribution >= 0.6 is 24.0 Å². The molecule has 2 fully saturated rings. The van der Waals surface area contributed by atoms with E-state index in [1.807, 2.05) is 7.05 Å². The molecule has 0 amide bonds. The largest absolute Gasteiger partial charge is 0.355 e. The Morgan fingerprint density at radius 1 is 1.26 bits per heavy atom. The molecule has 1 unspecified atom stereocenters. The summed E-state index contributed by atoms with van der Waals surface area (Å²) >= 11 is 0. The Balaban J connectivity index is 0.00000264. The van der Waals surface area contributed by atoms with E-state index >= 15 is 0 Å². The molecule has 0 aromatic rings. The fourth-order valence-corrected chi connectivity index (χ4v) is 3.55. The number of nitrogens with zero attached hydrogens (tertiary/aromatic N) is 3. The Hall–Kier alpha value is -0.0800. The van der Waals surface area contributed by atoms with Gasteiger partial charge in [-0.05, 0) is 52.6 Å². The minimum atomic E-state index is 0. The number of hydrogen-bond acceptors (Lipinski definition) is 3. The van der Waals surface area contributed by atoms with Crippen LogP contribution in [0.2, 0.25) is 0 Å². The molecule has 1 saturated heterocycles. The number of likely N-dealkylation sites (tertiary alicyclic amines) is 1. The Kier molecular flexibility index (Phi) is 9.77. The summed E-state index contributed by atoms with van der Waals surface area (Å²) in [5, 5.41) is 6.98. The van der Waals surface area contributed by atoms with Crippen LogP contribution in [0.3, 0.4) is 0 Å². The van der Waals surface area contributed by atoms with Crippen LogP contribution in [0.1, 0.15) is 46.5 Å². The maximum Gasteiger partial charge on any atom is 0.191 e. The average Bonchev–Trinajstić information content (AvgIpc) is 3.23. The van der Waals surface area contributed by atoms with E-state index in [0.29, 0.717) is 12.1 Å². The van der Waals surface area contributed by atoms with E-state index in [4.69, 9.17) is 0 Å². The highest BCUT2D eigenvalue weighted by Crippen LogP contribution is 2.27. The summed E-state index contributed by atoms with van der Waals surface area (Å²) in [5.41, 5.74) is 0. The molecule has 0 bridgehead atoms. The van der Waals surface area contributed by atoms with Crippen molar-refractivity contribution in [3.05, 3.63) is 0 Å². The molecule has 0 spiro atoms. The first kappa shape index (κ1) is 21.0. The number of likely N-dealkylation sites (N-methyl/N-ethyl adjacent to an activating group) is 1. The second-order valence-electron chi connectivity index (χ2n) is 6.87. The minimum absolute atomic E-state index is 0. The summed E-state index contributed by atoms with van der Waals surface area (Å²) in [6.45, 7) is 12.3. The number of rotatable bonds is 8. The van der Waals surface area contributed by atoms with Crippen LogP contribution in [-0.4, -0.2) is 73.7 Å². The molecule has 23 heavy (non-hydrogen) atoms. The van der Waals surface area contributed by atoms with Crippen molar-refractivity contribution in [2.45, 2.75) is 64.6 Å². The van der Waals surface area contributed by atoms with Gasteiger partial charge in [-0.15, -0.1) is 24.0 Å². The third kappa shape index (κ3) is 6.74. The second kappa shape index (κ2) is 10.7. The zero-order valence-electron chi connectivity index (χ0n) is 15.3. The van der Waals surface area contributed by atoms with E-state index in [0.717, 1.165) is 38.2 Å². The number of halogens is 1. The highest BCUT2D eigenvalue weighted by Gasteiger charge is 2.30. The standard InChI is InChI=1S/C17H35N5.HI/c1-5-21-11-6-7-16(21)13-20-17(18-4)19-10-12-22(14(2)3)15-8-9-15;/h14-16H,5-13H2,1-4H3,(H2,18,19,20);1H. The summed E-state index contributed by atoms with van der Waals surface area (Å²) < 4.78 is 0. The smallest absolute Gasteiger partial charge is 0.191 e. The maximum atomic E-state index is 4.36. The van der Waals surface area contributed by atoms with Gasteiger partial charge in [0.15, 0.2) is 5.96 Å². The summed E-state index contributed by atoms with van der Waals surface area (Å²) in [4.78, 5) is 9.53. The second-order valence-corrected chi connectivity index (χ2v) is 6.87. The van der Waals surface area contributed by atoms with Crippen LogP contribution in [0.15, 0.2) is 4.99 Å². The topological polar surface area (TPSA) is 42.9 Å². The van der Waals surface area contributed by atoms with E-state index in [1.165, 1.54) is 32.2 Å². The van der Waals surface area contributed by atoms with E-state index in [2.05, 4.69) is 46.2 Å². The Bertz CT molecular complexity index is 355. The van der Waals surface area contributed by atoms with Crippen molar-refractivity contribution in [3.63, 3.8) is 0 Å². The predicted molar refractivity (Wildman–Crippen MR) is 110 cm³/mol. The molecule has 6 heteroatoms. The van der Waals surface area contributed by atoms with Crippen LogP contribution in [0, 0.1) is 0 Å². The van der Waals surface area contributed by atoms with Gasteiger partial charge in [-0.2, -0.15) is 0 Å². The number of hydrogen-bond donors (Lipinski definition) is 2. The number of aliphatic imine (C=N–C) groups is 1. The first-order valence-electron chi connectivity index (χ1n) is 9.10. The van der Waals surface area contributed by atoms with Crippen molar-refractivity contribution in [1.29, 1.82) is 0 Å². The van der Waals surface area contributed by atoms with E-state index < -0.39 is 0 Å². The van der Waals surface area contributed by atoms with Crippen LogP contribution in [-0.2, 0) is 0 Å². The van der Waals surface area contributed by atoms with Crippen molar-refractivity contribution in [2.75, 3.05) is 39.8 Å². The van der Waals surface area contributed by atoms with Crippen molar-refractivity contribution >= 4 is 29.9 Å². The first-order chi connectivity index (χ1) is 10.7. The van der Waals surface area contributed by atoms with Crippen LogP contribution in [0.25, 0.3) is 0 Å². The molecule has 1 atom stereocenters. The number of nitrogens with one attached hydrogen (secondary N) is 2. The molecule has 1 aliphatic heterocycles. The lowest BCUT2D eigenvalue weighted by Crippen LogP contribution is -2.47. The Labute approximate surface area is 159 Å². The summed E-state index contributed by atoms with van der Waals surface area (Å²) in [5.74, 6) is 0.947. The summed E-state index contributed by atoms with van der Waals surface area (Å²) in [6.07, 6.45) is 5.39. The molecule has 0 aromatic heterocycles. The van der Waals surface area contributed by atoms with Gasteiger partial charge in [0.05, 0.1) is 0 Å². The normalized spacial score (nSPS) is 22.5. The van der Waals surface area contributed by atoms with Gasteiger partial charge in [0.2, 0.25) is 0 Å². The highest BCUT2D eigenvalue weighted by molar-refractivity contribution is 14.0. The molecule has 5 nitrogen and oxygen atoms in total. The molecular weight excluding hydrogens is 401 g/mol. The maximum absolute atomic E-state index is 4.36. The molecule has 1 saturated carbocycles. The quantitative estimate of drug-likeness (QED) is 0.347. The van der Waals surface area contributed by atoms with Gasteiger partial charge in [0, 0.05) is 44.8 Å². The minimum Gasteiger partial charge on any atom is -0.355 e. The van der Waals surface area contributed by atoms with Crippen molar-refractivity contribution in [2.24, 2.45) is 4.99 Å². The Morgan fingerprint density at radius 2 is 2.00 bits per heavy atom. The van der Waals surface area contributed by atoms with Crippen LogP contribution in [0.4, 0.5) is 0 Å². The third-order valence-corrected chi connectivity index (χ3v) is 4.98. The lowest BCUT2D eigenvalue weighted by Gasteiger charge is -2.27. The third-order valence-electron chi connectivity index (χ3n) is 4.98. The molecule has 1 aliphatic carbocycles. The predicted octanol–water partition coefficient (Wildman–Crippen LogP) is 2.13. The van der Waals surface area contributed by atoms with Gasteiger partial charge in [-0.25, -0.2) is 0 Å². The molecule has 2 rings (SSSR count). The fraction of sp³-hybridized carbons (Fsp3) is 0.941. The molecule has 2 aliphatic rings. The van der Waals surface area contributed by atoms with Crippen LogP contribution < -0.4 is 10.6 Å². The molecule has 1 heterocycles. The molecule has 136 valence electrons. The van der Waals surface area contributed by atoms with Crippen LogP contribution in [0.5, 0.6) is 0 Å². The van der Waals surface area contributed by atoms with Crippen molar-refractivity contribution in [1.82, 2.24) is 20.4 Å². The van der Waals surface area contributed by atoms with Gasteiger partial charge in [-0.3, -0.25) is 14.8 Å². The molecular formula is C17H36IN5. The van der Waals surface area contributed by atoms with Gasteiger partial charge in [0.25, 0.3) is 0 Å². The van der Waals surface area contributed by atoms with Crippen molar-refractivity contribution < 1.29 is 0 Å². The fourth-order valence-electron chi connectivity index (χ4n) is 3.55. The van der Waals surface area contributed by atoms with Gasteiger partial charge >= 0.3 is 0 Å². The highest BCUT2D eigenvalue weighted by atomic mass is 127. The summed E-state index contributed by atoms with van der Waals surface area (Å²) in [7, 11) is 1.86. The first-order valence-corrected chi connectivity index (χ1v) is 9.10. The van der Waals surface area contributed by atoms with Gasteiger partial charge in [-0.1, -0.05) is 6.92 Å². The van der Waals surface area contributed by atoms with Gasteiger partial charge in [0.1, 0.15) is 0 Å². The lowest BCUT2D eigenvalue weighted by molar-refractivity contribution is 0.215. The molecule has 0 aromatic carbocycles. The van der Waals surface area contributed by atoms with Gasteiger partial charge < -0.3 is 10.6 Å². The Morgan fingerprint density at radius 3 is 2.57 bits per heavy atom. The summed E-state index contributed by atoms with van der Waals surface area (Å²) in [6, 6.07) is 2.14. The monoisotopic (exact) mass is 437 g/mol. The lowest BCUT2D eigenvalue weighted by atomic mass is 10.2. The molecule has 0 radical (unpaired) electrons. The average molecular weight is 437 g/mol. The van der Waals surface area contributed by atoms with Crippen molar-refractivity contribution in [3.8, 4) is 0 Å². The van der Waals surface area contributed by atoms with E-state index in [9.17, 15) is 0 Å². The van der Waals surface area contributed by atoms with E-state index in [-0.39, 0.29) is 24.0 Å².